The van der Waals surface area contributed by atoms with Gasteiger partial charge in [-0.2, -0.15) is 0 Å². The molecule has 0 spiro atoms. The lowest BCUT2D eigenvalue weighted by Gasteiger charge is -2.07. The molecule has 2 nitrogen and oxygen atoms in total. The summed E-state index contributed by atoms with van der Waals surface area (Å²) in [6.07, 6.45) is 3.17. The second-order valence-corrected chi connectivity index (χ2v) is 5.63. The van der Waals surface area contributed by atoms with Gasteiger partial charge >= 0.3 is 0 Å². The van der Waals surface area contributed by atoms with Gasteiger partial charge in [-0.25, -0.2) is 0 Å². The monoisotopic (exact) mass is 319 g/mol. The maximum absolute atomic E-state index is 11.9. The summed E-state index contributed by atoms with van der Waals surface area (Å²) < 4.78 is 0. The first kappa shape index (κ1) is 15.6. The Labute approximate surface area is 134 Å². The Balaban J connectivity index is 2.09. The molecule has 0 radical (unpaired) electrons. The standard InChI is InChI=1S/C17H15Cl2NO/c1-11-3-4-12(2)16(9-11)20-17(21)8-6-13-5-7-14(18)15(19)10-13/h3-10H,1-2H3,(H,20,21)/b8-6+. The second-order valence-electron chi connectivity index (χ2n) is 4.81. The van der Waals surface area contributed by atoms with Crippen molar-refractivity contribution in [2.45, 2.75) is 13.8 Å². The lowest BCUT2D eigenvalue weighted by molar-refractivity contribution is -0.111. The number of hydrogen-bond donors (Lipinski definition) is 1. The van der Waals surface area contributed by atoms with E-state index in [2.05, 4.69) is 5.32 Å². The van der Waals surface area contributed by atoms with Crippen molar-refractivity contribution in [1.82, 2.24) is 0 Å². The molecular weight excluding hydrogens is 305 g/mol. The highest BCUT2D eigenvalue weighted by Gasteiger charge is 2.02. The van der Waals surface area contributed by atoms with E-state index in [4.69, 9.17) is 23.2 Å². The van der Waals surface area contributed by atoms with Gasteiger partial charge in [0.15, 0.2) is 0 Å². The lowest BCUT2D eigenvalue weighted by Crippen LogP contribution is -2.09. The van der Waals surface area contributed by atoms with Crippen LogP contribution in [-0.4, -0.2) is 5.91 Å². The summed E-state index contributed by atoms with van der Waals surface area (Å²) in [6, 6.07) is 11.2. The van der Waals surface area contributed by atoms with Gasteiger partial charge in [0.2, 0.25) is 5.91 Å². The summed E-state index contributed by atoms with van der Waals surface area (Å²) in [4.78, 5) is 11.9. The Morgan fingerprint density at radius 2 is 1.81 bits per heavy atom. The summed E-state index contributed by atoms with van der Waals surface area (Å²) in [5, 5.41) is 3.82. The topological polar surface area (TPSA) is 29.1 Å². The van der Waals surface area contributed by atoms with Crippen molar-refractivity contribution in [3.63, 3.8) is 0 Å². The molecule has 0 aliphatic heterocycles. The predicted molar refractivity (Wildman–Crippen MR) is 90.0 cm³/mol. The highest BCUT2D eigenvalue weighted by Crippen LogP contribution is 2.23. The largest absolute Gasteiger partial charge is 0.322 e. The zero-order valence-corrected chi connectivity index (χ0v) is 13.3. The van der Waals surface area contributed by atoms with Gasteiger partial charge in [0.1, 0.15) is 0 Å². The summed E-state index contributed by atoms with van der Waals surface area (Å²) in [5.74, 6) is -0.185. The van der Waals surface area contributed by atoms with Crippen LogP contribution in [0, 0.1) is 13.8 Å². The third-order valence-electron chi connectivity index (χ3n) is 3.02. The molecule has 0 heterocycles. The van der Waals surface area contributed by atoms with Crippen molar-refractivity contribution in [3.05, 3.63) is 69.2 Å². The molecule has 0 saturated heterocycles. The molecule has 1 amide bonds. The van der Waals surface area contributed by atoms with Crippen LogP contribution in [-0.2, 0) is 4.79 Å². The zero-order valence-electron chi connectivity index (χ0n) is 11.8. The molecule has 108 valence electrons. The van der Waals surface area contributed by atoms with Gasteiger partial charge in [0.25, 0.3) is 0 Å². The van der Waals surface area contributed by atoms with Crippen LogP contribution in [0.25, 0.3) is 6.08 Å². The van der Waals surface area contributed by atoms with E-state index in [-0.39, 0.29) is 5.91 Å². The zero-order chi connectivity index (χ0) is 15.4. The van der Waals surface area contributed by atoms with Gasteiger partial charge < -0.3 is 5.32 Å². The number of amides is 1. The first-order valence-electron chi connectivity index (χ1n) is 6.47. The summed E-state index contributed by atoms with van der Waals surface area (Å²) in [5.41, 5.74) is 3.76. The minimum atomic E-state index is -0.185. The maximum atomic E-state index is 11.9. The van der Waals surface area contributed by atoms with Gasteiger partial charge in [-0.15, -0.1) is 0 Å². The fraction of sp³-hybridized carbons (Fsp3) is 0.118. The molecule has 0 bridgehead atoms. The molecule has 0 aliphatic carbocycles. The molecule has 0 aromatic heterocycles. The fourth-order valence-electron chi connectivity index (χ4n) is 1.83. The van der Waals surface area contributed by atoms with Gasteiger partial charge in [-0.3, -0.25) is 4.79 Å². The van der Waals surface area contributed by atoms with E-state index in [1.165, 1.54) is 6.08 Å². The predicted octanol–water partition coefficient (Wildman–Crippen LogP) is 5.26. The van der Waals surface area contributed by atoms with Crippen molar-refractivity contribution in [1.29, 1.82) is 0 Å². The van der Waals surface area contributed by atoms with E-state index in [0.29, 0.717) is 10.0 Å². The van der Waals surface area contributed by atoms with Crippen molar-refractivity contribution in [2.75, 3.05) is 5.32 Å². The molecule has 1 N–H and O–H groups in total. The average molecular weight is 320 g/mol. The smallest absolute Gasteiger partial charge is 0.248 e. The number of carbonyl (C=O) groups excluding carboxylic acids is 1. The quantitative estimate of drug-likeness (QED) is 0.768. The number of rotatable bonds is 3. The first-order valence-corrected chi connectivity index (χ1v) is 7.22. The van der Waals surface area contributed by atoms with Crippen LogP contribution in [0.5, 0.6) is 0 Å². The molecule has 21 heavy (non-hydrogen) atoms. The molecule has 4 heteroatoms. The Morgan fingerprint density at radius 1 is 1.05 bits per heavy atom. The van der Waals surface area contributed by atoms with Crippen LogP contribution in [0.1, 0.15) is 16.7 Å². The minimum absolute atomic E-state index is 0.185. The Hall–Kier alpha value is -1.77. The molecule has 2 aromatic carbocycles. The van der Waals surface area contributed by atoms with E-state index in [9.17, 15) is 4.79 Å². The Morgan fingerprint density at radius 3 is 2.52 bits per heavy atom. The van der Waals surface area contributed by atoms with Gasteiger partial charge in [0.05, 0.1) is 10.0 Å². The molecule has 0 saturated carbocycles. The number of nitrogens with one attached hydrogen (secondary N) is 1. The number of benzene rings is 2. The summed E-state index contributed by atoms with van der Waals surface area (Å²) in [6.45, 7) is 3.94. The van der Waals surface area contributed by atoms with Crippen molar-refractivity contribution in [3.8, 4) is 0 Å². The molecule has 2 aromatic rings. The summed E-state index contributed by atoms with van der Waals surface area (Å²) in [7, 11) is 0. The molecule has 0 fully saturated rings. The van der Waals surface area contributed by atoms with Crippen LogP contribution in [0.4, 0.5) is 5.69 Å². The van der Waals surface area contributed by atoms with E-state index in [1.807, 2.05) is 32.0 Å². The van der Waals surface area contributed by atoms with Crippen molar-refractivity contribution < 1.29 is 4.79 Å². The van der Waals surface area contributed by atoms with Crippen LogP contribution in [0.2, 0.25) is 10.0 Å². The van der Waals surface area contributed by atoms with Gasteiger partial charge in [-0.1, -0.05) is 41.4 Å². The van der Waals surface area contributed by atoms with Crippen LogP contribution >= 0.6 is 23.2 Å². The number of anilines is 1. The van der Waals surface area contributed by atoms with E-state index in [1.54, 1.807) is 24.3 Å². The number of halogens is 2. The average Bonchev–Trinajstić information content (AvgIpc) is 2.44. The molecular formula is C17H15Cl2NO. The lowest BCUT2D eigenvalue weighted by atomic mass is 10.1. The number of aryl methyl sites for hydroxylation is 2. The molecule has 2 rings (SSSR count). The van der Waals surface area contributed by atoms with Crippen molar-refractivity contribution in [2.24, 2.45) is 0 Å². The summed E-state index contributed by atoms with van der Waals surface area (Å²) >= 11 is 11.8. The highest BCUT2D eigenvalue weighted by atomic mass is 35.5. The maximum Gasteiger partial charge on any atom is 0.248 e. The first-order chi connectivity index (χ1) is 9.95. The Bertz CT molecular complexity index is 708. The van der Waals surface area contributed by atoms with Crippen LogP contribution < -0.4 is 5.32 Å². The van der Waals surface area contributed by atoms with E-state index in [0.717, 1.165) is 22.4 Å². The normalized spacial score (nSPS) is 10.9. The van der Waals surface area contributed by atoms with Crippen molar-refractivity contribution >= 4 is 40.9 Å². The molecule has 0 aliphatic rings. The van der Waals surface area contributed by atoms with Gasteiger partial charge in [-0.05, 0) is 54.8 Å². The van der Waals surface area contributed by atoms with E-state index < -0.39 is 0 Å². The molecule has 0 atom stereocenters. The van der Waals surface area contributed by atoms with Crippen LogP contribution in [0.3, 0.4) is 0 Å². The van der Waals surface area contributed by atoms with Gasteiger partial charge in [0, 0.05) is 11.8 Å². The molecule has 0 unspecified atom stereocenters. The Kier molecular flexibility index (Phi) is 5.05. The SMILES string of the molecule is Cc1ccc(C)c(NC(=O)/C=C/c2ccc(Cl)c(Cl)c2)c1. The minimum Gasteiger partial charge on any atom is -0.322 e. The third-order valence-corrected chi connectivity index (χ3v) is 3.76. The highest BCUT2D eigenvalue weighted by molar-refractivity contribution is 6.42. The van der Waals surface area contributed by atoms with E-state index >= 15 is 0 Å². The number of carbonyl (C=O) groups is 1. The second kappa shape index (κ2) is 6.79. The third kappa shape index (κ3) is 4.35. The number of hydrogen-bond acceptors (Lipinski definition) is 1. The van der Waals surface area contributed by atoms with Crippen LogP contribution in [0.15, 0.2) is 42.5 Å². The fourth-order valence-corrected chi connectivity index (χ4v) is 2.14.